The lowest BCUT2D eigenvalue weighted by molar-refractivity contribution is 0.565. The molecule has 0 fully saturated rings. The molecular formula is C22H32S2. The van der Waals surface area contributed by atoms with Gasteiger partial charge in [-0.05, 0) is 23.3 Å². The molecular weight excluding hydrogens is 328 g/mol. The fourth-order valence-electron chi connectivity index (χ4n) is 3.02. The first kappa shape index (κ1) is 19.7. The zero-order valence-corrected chi connectivity index (χ0v) is 16.9. The quantitative estimate of drug-likeness (QED) is 0.275. The van der Waals surface area contributed by atoms with Gasteiger partial charge >= 0.3 is 0 Å². The van der Waals surface area contributed by atoms with Crippen LogP contribution in [0.4, 0.5) is 0 Å². The third-order valence-corrected chi connectivity index (χ3v) is 7.52. The standard InChI is InChI=1S/C22H32S2/c1-3-4-5-6-7-8-9-10-14-19(2)23-24-22-18-13-16-20-15-11-12-17-21(20)22/h11-13,15-19H,3-10,14H2,1-2H3. The maximum Gasteiger partial charge on any atom is 0.0261 e. The van der Waals surface area contributed by atoms with E-state index in [1.807, 2.05) is 21.6 Å². The molecule has 0 bridgehead atoms. The summed E-state index contributed by atoms with van der Waals surface area (Å²) in [5.74, 6) is 0. The molecule has 2 aromatic rings. The minimum atomic E-state index is 0.731. The van der Waals surface area contributed by atoms with E-state index in [-0.39, 0.29) is 0 Å². The van der Waals surface area contributed by atoms with Crippen LogP contribution in [0.3, 0.4) is 0 Å². The van der Waals surface area contributed by atoms with Crippen LogP contribution >= 0.6 is 21.6 Å². The molecule has 0 N–H and O–H groups in total. The first-order valence-electron chi connectivity index (χ1n) is 9.62. The van der Waals surface area contributed by atoms with E-state index in [4.69, 9.17) is 0 Å². The van der Waals surface area contributed by atoms with Gasteiger partial charge in [0.05, 0.1) is 0 Å². The highest BCUT2D eigenvalue weighted by molar-refractivity contribution is 8.77. The minimum Gasteiger partial charge on any atom is -0.0858 e. The highest BCUT2D eigenvalue weighted by Crippen LogP contribution is 2.39. The highest BCUT2D eigenvalue weighted by Gasteiger charge is 2.06. The van der Waals surface area contributed by atoms with E-state index >= 15 is 0 Å². The summed E-state index contributed by atoms with van der Waals surface area (Å²) < 4.78 is 0. The summed E-state index contributed by atoms with van der Waals surface area (Å²) in [5.41, 5.74) is 0. The third-order valence-electron chi connectivity index (χ3n) is 4.52. The van der Waals surface area contributed by atoms with Gasteiger partial charge in [0.25, 0.3) is 0 Å². The van der Waals surface area contributed by atoms with E-state index in [9.17, 15) is 0 Å². The van der Waals surface area contributed by atoms with Gasteiger partial charge in [-0.2, -0.15) is 0 Å². The van der Waals surface area contributed by atoms with Gasteiger partial charge in [-0.15, -0.1) is 0 Å². The van der Waals surface area contributed by atoms with Gasteiger partial charge < -0.3 is 0 Å². The molecule has 0 saturated heterocycles. The number of unbranched alkanes of at least 4 members (excludes halogenated alkanes) is 7. The molecule has 0 aliphatic heterocycles. The molecule has 132 valence electrons. The molecule has 2 heteroatoms. The summed E-state index contributed by atoms with van der Waals surface area (Å²) in [6.45, 7) is 4.67. The van der Waals surface area contributed by atoms with Crippen molar-refractivity contribution in [1.82, 2.24) is 0 Å². The second-order valence-corrected chi connectivity index (χ2v) is 9.41. The maximum absolute atomic E-state index is 2.38. The smallest absolute Gasteiger partial charge is 0.0261 e. The van der Waals surface area contributed by atoms with Crippen molar-refractivity contribution < 1.29 is 0 Å². The molecule has 1 atom stereocenters. The number of hydrogen-bond acceptors (Lipinski definition) is 2. The molecule has 0 amide bonds. The molecule has 0 aliphatic rings. The Kier molecular flexibility index (Phi) is 9.75. The molecule has 2 rings (SSSR count). The first-order chi connectivity index (χ1) is 11.8. The van der Waals surface area contributed by atoms with Crippen molar-refractivity contribution in [2.45, 2.75) is 81.8 Å². The first-order valence-corrected chi connectivity index (χ1v) is 11.8. The van der Waals surface area contributed by atoms with Crippen molar-refractivity contribution in [3.8, 4) is 0 Å². The van der Waals surface area contributed by atoms with E-state index in [0.717, 1.165) is 5.25 Å². The van der Waals surface area contributed by atoms with Gasteiger partial charge in [-0.1, -0.05) is 123 Å². The van der Waals surface area contributed by atoms with Crippen molar-refractivity contribution in [3.05, 3.63) is 42.5 Å². The number of fused-ring (bicyclic) bond motifs is 1. The molecule has 1 unspecified atom stereocenters. The molecule has 0 spiro atoms. The molecule has 24 heavy (non-hydrogen) atoms. The summed E-state index contributed by atoms with van der Waals surface area (Å²) in [6, 6.07) is 15.3. The van der Waals surface area contributed by atoms with Gasteiger partial charge in [-0.3, -0.25) is 0 Å². The van der Waals surface area contributed by atoms with Gasteiger partial charge in [0.15, 0.2) is 0 Å². The molecule has 0 radical (unpaired) electrons. The summed E-state index contributed by atoms with van der Waals surface area (Å²) in [4.78, 5) is 1.40. The van der Waals surface area contributed by atoms with Crippen LogP contribution in [0.5, 0.6) is 0 Å². The van der Waals surface area contributed by atoms with Crippen LogP contribution in [0.1, 0.15) is 71.6 Å². The summed E-state index contributed by atoms with van der Waals surface area (Å²) in [6.07, 6.45) is 12.6. The Labute approximate surface area is 156 Å². The molecule has 0 aliphatic carbocycles. The SMILES string of the molecule is CCCCCCCCCCC(C)SSc1cccc2ccccc12. The van der Waals surface area contributed by atoms with Gasteiger partial charge in [0.1, 0.15) is 0 Å². The molecule has 0 heterocycles. The predicted molar refractivity (Wildman–Crippen MR) is 114 cm³/mol. The maximum atomic E-state index is 2.38. The monoisotopic (exact) mass is 360 g/mol. The minimum absolute atomic E-state index is 0.731. The lowest BCUT2D eigenvalue weighted by Crippen LogP contribution is -1.94. The van der Waals surface area contributed by atoms with Crippen molar-refractivity contribution in [1.29, 1.82) is 0 Å². The summed E-state index contributed by atoms with van der Waals surface area (Å²) in [5, 5.41) is 3.46. The lowest BCUT2D eigenvalue weighted by Gasteiger charge is -2.11. The van der Waals surface area contributed by atoms with Crippen molar-refractivity contribution in [2.24, 2.45) is 0 Å². The lowest BCUT2D eigenvalue weighted by atomic mass is 10.1. The Morgan fingerprint density at radius 3 is 2.25 bits per heavy atom. The normalized spacial score (nSPS) is 12.6. The van der Waals surface area contributed by atoms with E-state index < -0.39 is 0 Å². The zero-order chi connectivity index (χ0) is 17.0. The van der Waals surface area contributed by atoms with E-state index in [1.54, 1.807) is 0 Å². The average Bonchev–Trinajstić information content (AvgIpc) is 2.62. The molecule has 0 aromatic heterocycles. The second-order valence-electron chi connectivity index (χ2n) is 6.73. The van der Waals surface area contributed by atoms with E-state index in [2.05, 4.69) is 56.3 Å². The van der Waals surface area contributed by atoms with Crippen LogP contribution in [-0.2, 0) is 0 Å². The molecule has 2 aromatic carbocycles. The Morgan fingerprint density at radius 1 is 0.792 bits per heavy atom. The van der Waals surface area contributed by atoms with Crippen LogP contribution in [0.25, 0.3) is 10.8 Å². The number of rotatable bonds is 12. The Morgan fingerprint density at radius 2 is 1.46 bits per heavy atom. The van der Waals surface area contributed by atoms with Crippen LogP contribution in [-0.4, -0.2) is 5.25 Å². The fourth-order valence-corrected chi connectivity index (χ4v) is 5.49. The van der Waals surface area contributed by atoms with E-state index in [0.29, 0.717) is 0 Å². The fraction of sp³-hybridized carbons (Fsp3) is 0.545. The van der Waals surface area contributed by atoms with Gasteiger partial charge in [0.2, 0.25) is 0 Å². The summed E-state index contributed by atoms with van der Waals surface area (Å²) >= 11 is 0. The van der Waals surface area contributed by atoms with Gasteiger partial charge in [-0.25, -0.2) is 0 Å². The third kappa shape index (κ3) is 7.11. The van der Waals surface area contributed by atoms with Gasteiger partial charge in [0, 0.05) is 10.1 Å². The zero-order valence-electron chi connectivity index (χ0n) is 15.3. The Hall–Kier alpha value is -0.600. The van der Waals surface area contributed by atoms with Crippen LogP contribution < -0.4 is 0 Å². The summed E-state index contributed by atoms with van der Waals surface area (Å²) in [7, 11) is 3.99. The number of benzene rings is 2. The van der Waals surface area contributed by atoms with Crippen LogP contribution in [0.15, 0.2) is 47.4 Å². The predicted octanol–water partition coefficient (Wildman–Crippen LogP) is 8.50. The van der Waals surface area contributed by atoms with Crippen molar-refractivity contribution in [2.75, 3.05) is 0 Å². The number of hydrogen-bond donors (Lipinski definition) is 0. The second kappa shape index (κ2) is 11.9. The van der Waals surface area contributed by atoms with Crippen LogP contribution in [0.2, 0.25) is 0 Å². The van der Waals surface area contributed by atoms with E-state index in [1.165, 1.54) is 73.5 Å². The highest BCUT2D eigenvalue weighted by atomic mass is 33.1. The van der Waals surface area contributed by atoms with Crippen LogP contribution in [0, 0.1) is 0 Å². The largest absolute Gasteiger partial charge is 0.0858 e. The van der Waals surface area contributed by atoms with Crippen molar-refractivity contribution in [3.63, 3.8) is 0 Å². The average molecular weight is 361 g/mol. The van der Waals surface area contributed by atoms with Crippen molar-refractivity contribution >= 4 is 32.4 Å². The topological polar surface area (TPSA) is 0 Å². The Balaban J connectivity index is 1.62. The Bertz CT molecular complexity index is 574. The molecule has 0 nitrogen and oxygen atoms in total. The molecule has 0 saturated carbocycles.